The number of aromatic nitrogens is 1. The summed E-state index contributed by atoms with van der Waals surface area (Å²) < 4.78 is 0. The van der Waals surface area contributed by atoms with Crippen LogP contribution < -0.4 is 11.1 Å². The van der Waals surface area contributed by atoms with Gasteiger partial charge in [-0.25, -0.2) is 4.98 Å². The number of aliphatic hydroxyl groups excluding tert-OH is 1. The summed E-state index contributed by atoms with van der Waals surface area (Å²) in [6.07, 6.45) is 1.28. The molecule has 78 valence electrons. The number of anilines is 2. The van der Waals surface area contributed by atoms with E-state index >= 15 is 0 Å². The Hall–Kier alpha value is -1.29. The molecule has 0 aliphatic rings. The molecule has 0 spiro atoms. The minimum Gasteiger partial charge on any atom is -0.393 e. The molecular weight excluding hydrogens is 178 g/mol. The smallest absolute Gasteiger partial charge is 0.128 e. The Morgan fingerprint density at radius 1 is 1.57 bits per heavy atom. The van der Waals surface area contributed by atoms with Crippen LogP contribution >= 0.6 is 0 Å². The van der Waals surface area contributed by atoms with E-state index in [1.807, 2.05) is 19.1 Å². The van der Waals surface area contributed by atoms with E-state index in [1.165, 1.54) is 0 Å². The molecule has 1 aromatic heterocycles. The van der Waals surface area contributed by atoms with E-state index in [-0.39, 0.29) is 6.10 Å². The maximum atomic E-state index is 9.31. The lowest BCUT2D eigenvalue weighted by Gasteiger charge is -2.09. The van der Waals surface area contributed by atoms with Crippen LogP contribution in [0, 0.1) is 0 Å². The quantitative estimate of drug-likeness (QED) is 0.661. The van der Waals surface area contributed by atoms with Gasteiger partial charge in [0.25, 0.3) is 0 Å². The molecule has 0 aromatic carbocycles. The van der Waals surface area contributed by atoms with Crippen molar-refractivity contribution in [3.05, 3.63) is 18.2 Å². The van der Waals surface area contributed by atoms with Crippen molar-refractivity contribution in [3.8, 4) is 0 Å². The number of hydrogen-bond acceptors (Lipinski definition) is 4. The number of pyridine rings is 1. The monoisotopic (exact) mass is 195 g/mol. The minimum absolute atomic E-state index is 0.233. The van der Waals surface area contributed by atoms with E-state index in [1.54, 1.807) is 6.07 Å². The summed E-state index contributed by atoms with van der Waals surface area (Å²) in [6, 6.07) is 5.45. The zero-order chi connectivity index (χ0) is 10.4. The van der Waals surface area contributed by atoms with Crippen LogP contribution in [0.15, 0.2) is 18.2 Å². The Bertz CT molecular complexity index is 278. The van der Waals surface area contributed by atoms with Gasteiger partial charge in [-0.3, -0.25) is 0 Å². The molecule has 1 aromatic rings. The third-order valence-corrected chi connectivity index (χ3v) is 2.03. The van der Waals surface area contributed by atoms with Crippen molar-refractivity contribution >= 4 is 11.6 Å². The van der Waals surface area contributed by atoms with Crippen LogP contribution in [-0.2, 0) is 0 Å². The van der Waals surface area contributed by atoms with Crippen LogP contribution in [0.1, 0.15) is 19.8 Å². The summed E-state index contributed by atoms with van der Waals surface area (Å²) in [7, 11) is 0. The summed E-state index contributed by atoms with van der Waals surface area (Å²) in [6.45, 7) is 2.68. The van der Waals surface area contributed by atoms with E-state index in [0.29, 0.717) is 12.4 Å². The number of aliphatic hydroxyl groups is 1. The van der Waals surface area contributed by atoms with Gasteiger partial charge < -0.3 is 16.2 Å². The van der Waals surface area contributed by atoms with Crippen molar-refractivity contribution in [2.75, 3.05) is 17.6 Å². The van der Waals surface area contributed by atoms with Gasteiger partial charge >= 0.3 is 0 Å². The molecule has 1 heterocycles. The maximum Gasteiger partial charge on any atom is 0.128 e. The minimum atomic E-state index is -0.233. The SMILES string of the molecule is CCC(O)CCNc1cccc(N)n1. The summed E-state index contributed by atoms with van der Waals surface area (Å²) in [5, 5.41) is 12.4. The number of hydrogen-bond donors (Lipinski definition) is 3. The first-order chi connectivity index (χ1) is 6.72. The van der Waals surface area contributed by atoms with Crippen LogP contribution in [0.25, 0.3) is 0 Å². The second-order valence-electron chi connectivity index (χ2n) is 3.23. The molecule has 0 fully saturated rings. The number of nitrogen functional groups attached to an aromatic ring is 1. The number of nitrogens with one attached hydrogen (secondary N) is 1. The van der Waals surface area contributed by atoms with Crippen LogP contribution in [-0.4, -0.2) is 22.7 Å². The molecule has 0 saturated carbocycles. The van der Waals surface area contributed by atoms with E-state index < -0.39 is 0 Å². The number of rotatable bonds is 5. The summed E-state index contributed by atoms with van der Waals surface area (Å²) in [4.78, 5) is 4.08. The van der Waals surface area contributed by atoms with Gasteiger partial charge in [-0.15, -0.1) is 0 Å². The van der Waals surface area contributed by atoms with Crippen molar-refractivity contribution < 1.29 is 5.11 Å². The van der Waals surface area contributed by atoms with Crippen LogP contribution in [0.2, 0.25) is 0 Å². The largest absolute Gasteiger partial charge is 0.393 e. The van der Waals surface area contributed by atoms with Gasteiger partial charge in [0.2, 0.25) is 0 Å². The molecule has 0 aliphatic heterocycles. The van der Waals surface area contributed by atoms with Gasteiger partial charge in [-0.2, -0.15) is 0 Å². The molecular formula is C10H17N3O. The molecule has 0 aliphatic carbocycles. The van der Waals surface area contributed by atoms with Crippen LogP contribution in [0.5, 0.6) is 0 Å². The van der Waals surface area contributed by atoms with Gasteiger partial charge in [0, 0.05) is 6.54 Å². The predicted molar refractivity (Wildman–Crippen MR) is 58.1 cm³/mol. The van der Waals surface area contributed by atoms with Crippen molar-refractivity contribution in [3.63, 3.8) is 0 Å². The fourth-order valence-corrected chi connectivity index (χ4v) is 1.12. The lowest BCUT2D eigenvalue weighted by Crippen LogP contribution is -2.12. The molecule has 14 heavy (non-hydrogen) atoms. The molecule has 4 N–H and O–H groups in total. The Balaban J connectivity index is 2.31. The average molecular weight is 195 g/mol. The average Bonchev–Trinajstić information content (AvgIpc) is 2.17. The fraction of sp³-hybridized carbons (Fsp3) is 0.500. The maximum absolute atomic E-state index is 9.31. The molecule has 0 radical (unpaired) electrons. The molecule has 0 bridgehead atoms. The van der Waals surface area contributed by atoms with Crippen LogP contribution in [0.4, 0.5) is 11.6 Å². The lowest BCUT2D eigenvalue weighted by molar-refractivity contribution is 0.164. The van der Waals surface area contributed by atoms with Gasteiger partial charge in [0.05, 0.1) is 6.10 Å². The topological polar surface area (TPSA) is 71.2 Å². The summed E-state index contributed by atoms with van der Waals surface area (Å²) >= 11 is 0. The highest BCUT2D eigenvalue weighted by Gasteiger charge is 2.00. The molecule has 1 rings (SSSR count). The standard InChI is InChI=1S/C10H17N3O/c1-2-8(14)6-7-12-10-5-3-4-9(11)13-10/h3-5,8,14H,2,6-7H2,1H3,(H3,11,12,13). The number of nitrogens with zero attached hydrogens (tertiary/aromatic N) is 1. The predicted octanol–water partition coefficient (Wildman–Crippen LogP) is 1.24. The van der Waals surface area contributed by atoms with Gasteiger partial charge in [0.15, 0.2) is 0 Å². The summed E-state index contributed by atoms with van der Waals surface area (Å²) in [5.41, 5.74) is 5.52. The van der Waals surface area contributed by atoms with E-state index in [4.69, 9.17) is 5.73 Å². The van der Waals surface area contributed by atoms with Crippen molar-refractivity contribution in [2.45, 2.75) is 25.9 Å². The second-order valence-corrected chi connectivity index (χ2v) is 3.23. The molecule has 1 unspecified atom stereocenters. The number of nitrogens with two attached hydrogens (primary N) is 1. The third kappa shape index (κ3) is 3.62. The molecule has 0 amide bonds. The van der Waals surface area contributed by atoms with Gasteiger partial charge in [-0.05, 0) is 25.0 Å². The highest BCUT2D eigenvalue weighted by molar-refractivity contribution is 5.41. The van der Waals surface area contributed by atoms with Crippen molar-refractivity contribution in [1.82, 2.24) is 4.98 Å². The molecule has 4 heteroatoms. The third-order valence-electron chi connectivity index (χ3n) is 2.03. The van der Waals surface area contributed by atoms with E-state index in [0.717, 1.165) is 18.7 Å². The van der Waals surface area contributed by atoms with Crippen molar-refractivity contribution in [2.24, 2.45) is 0 Å². The molecule has 0 saturated heterocycles. The molecule has 1 atom stereocenters. The summed E-state index contributed by atoms with van der Waals surface area (Å²) in [5.74, 6) is 1.26. The normalized spacial score (nSPS) is 12.4. The first-order valence-electron chi connectivity index (χ1n) is 4.87. The highest BCUT2D eigenvalue weighted by Crippen LogP contribution is 2.06. The van der Waals surface area contributed by atoms with Gasteiger partial charge in [0.1, 0.15) is 11.6 Å². The molecule has 4 nitrogen and oxygen atoms in total. The Kier molecular flexibility index (Phi) is 4.19. The van der Waals surface area contributed by atoms with Crippen molar-refractivity contribution in [1.29, 1.82) is 0 Å². The Morgan fingerprint density at radius 2 is 2.36 bits per heavy atom. The second kappa shape index (κ2) is 5.44. The van der Waals surface area contributed by atoms with E-state index in [2.05, 4.69) is 10.3 Å². The lowest BCUT2D eigenvalue weighted by atomic mass is 10.2. The van der Waals surface area contributed by atoms with Crippen LogP contribution in [0.3, 0.4) is 0 Å². The zero-order valence-electron chi connectivity index (χ0n) is 8.40. The Labute approximate surface area is 84.2 Å². The van der Waals surface area contributed by atoms with Gasteiger partial charge in [-0.1, -0.05) is 13.0 Å². The Morgan fingerprint density at radius 3 is 3.00 bits per heavy atom. The first-order valence-corrected chi connectivity index (χ1v) is 4.87. The van der Waals surface area contributed by atoms with E-state index in [9.17, 15) is 5.11 Å². The first kappa shape index (κ1) is 10.8. The zero-order valence-corrected chi connectivity index (χ0v) is 8.40. The fourth-order valence-electron chi connectivity index (χ4n) is 1.12. The highest BCUT2D eigenvalue weighted by atomic mass is 16.3.